The van der Waals surface area contributed by atoms with Gasteiger partial charge in [0.05, 0.1) is 11.3 Å². The SMILES string of the molecule is O=c1c(Cc2cccnc2)nc2cccnc2n1-c1cccc(C(F)(F)F)c1. The lowest BCUT2D eigenvalue weighted by molar-refractivity contribution is -0.137. The Bertz CT molecular complexity index is 1200. The van der Waals surface area contributed by atoms with Crippen LogP contribution in [0.2, 0.25) is 0 Å². The van der Waals surface area contributed by atoms with Gasteiger partial charge < -0.3 is 0 Å². The van der Waals surface area contributed by atoms with Crippen LogP contribution in [0.4, 0.5) is 13.2 Å². The molecular formula is C20H13F3N4O. The summed E-state index contributed by atoms with van der Waals surface area (Å²) in [4.78, 5) is 25.7. The van der Waals surface area contributed by atoms with Crippen LogP contribution in [-0.2, 0) is 12.6 Å². The maximum absolute atomic E-state index is 13.1. The lowest BCUT2D eigenvalue weighted by atomic mass is 10.1. The average Bonchev–Trinajstić information content (AvgIpc) is 2.69. The van der Waals surface area contributed by atoms with Crippen LogP contribution in [0.1, 0.15) is 16.8 Å². The Morgan fingerprint density at radius 1 is 1.00 bits per heavy atom. The van der Waals surface area contributed by atoms with Crippen molar-refractivity contribution in [3.8, 4) is 5.69 Å². The molecule has 3 aromatic heterocycles. The van der Waals surface area contributed by atoms with E-state index in [4.69, 9.17) is 0 Å². The van der Waals surface area contributed by atoms with Gasteiger partial charge in [0.2, 0.25) is 0 Å². The first-order valence-corrected chi connectivity index (χ1v) is 8.37. The van der Waals surface area contributed by atoms with E-state index in [1.54, 1.807) is 36.7 Å². The summed E-state index contributed by atoms with van der Waals surface area (Å²) in [5.74, 6) is 0. The molecule has 0 radical (unpaired) electrons. The molecule has 5 nitrogen and oxygen atoms in total. The number of hydrogen-bond donors (Lipinski definition) is 0. The van der Waals surface area contributed by atoms with E-state index in [0.717, 1.165) is 17.7 Å². The van der Waals surface area contributed by atoms with Crippen molar-refractivity contribution in [2.75, 3.05) is 0 Å². The van der Waals surface area contributed by atoms with Crippen molar-refractivity contribution < 1.29 is 13.2 Å². The minimum absolute atomic E-state index is 0.0818. The lowest BCUT2D eigenvalue weighted by Gasteiger charge is -2.13. The third-order valence-electron chi connectivity index (χ3n) is 4.21. The predicted octanol–water partition coefficient (Wildman–Crippen LogP) is 3.79. The number of hydrogen-bond acceptors (Lipinski definition) is 4. The molecule has 0 unspecified atom stereocenters. The van der Waals surface area contributed by atoms with Crippen molar-refractivity contribution in [2.24, 2.45) is 0 Å². The van der Waals surface area contributed by atoms with Crippen molar-refractivity contribution in [3.05, 3.63) is 94.3 Å². The fraction of sp³-hybridized carbons (Fsp3) is 0.100. The highest BCUT2D eigenvalue weighted by Gasteiger charge is 2.30. The number of benzene rings is 1. The second-order valence-corrected chi connectivity index (χ2v) is 6.13. The Morgan fingerprint density at radius 3 is 2.57 bits per heavy atom. The summed E-state index contributed by atoms with van der Waals surface area (Å²) in [5.41, 5.74) is 0.302. The van der Waals surface area contributed by atoms with Gasteiger partial charge in [-0.1, -0.05) is 12.1 Å². The Kier molecular flexibility index (Phi) is 4.38. The number of aromatic nitrogens is 4. The van der Waals surface area contributed by atoms with E-state index in [1.807, 2.05) is 0 Å². The molecule has 0 aliphatic carbocycles. The largest absolute Gasteiger partial charge is 0.416 e. The zero-order valence-electron chi connectivity index (χ0n) is 14.4. The Hall–Kier alpha value is -3.55. The van der Waals surface area contributed by atoms with E-state index in [-0.39, 0.29) is 23.4 Å². The molecule has 0 atom stereocenters. The summed E-state index contributed by atoms with van der Waals surface area (Å²) in [7, 11) is 0. The van der Waals surface area contributed by atoms with E-state index in [9.17, 15) is 18.0 Å². The van der Waals surface area contributed by atoms with E-state index < -0.39 is 17.3 Å². The first kappa shape index (κ1) is 17.8. The molecule has 0 bridgehead atoms. The zero-order chi connectivity index (χ0) is 19.7. The number of pyridine rings is 2. The van der Waals surface area contributed by atoms with Crippen LogP contribution in [0.3, 0.4) is 0 Å². The molecule has 0 aliphatic heterocycles. The molecule has 8 heteroatoms. The average molecular weight is 382 g/mol. The Labute approximate surface area is 157 Å². The second kappa shape index (κ2) is 6.88. The van der Waals surface area contributed by atoms with Crippen LogP contribution in [-0.4, -0.2) is 19.5 Å². The highest BCUT2D eigenvalue weighted by molar-refractivity contribution is 5.72. The molecular weight excluding hydrogens is 369 g/mol. The quantitative estimate of drug-likeness (QED) is 0.541. The summed E-state index contributed by atoms with van der Waals surface area (Å²) in [6.07, 6.45) is 0.380. The first-order valence-electron chi connectivity index (χ1n) is 8.37. The number of fused-ring (bicyclic) bond motifs is 1. The molecule has 28 heavy (non-hydrogen) atoms. The summed E-state index contributed by atoms with van der Waals surface area (Å²) in [5, 5.41) is 0. The molecule has 0 spiro atoms. The van der Waals surface area contributed by atoms with Gasteiger partial charge in [0.25, 0.3) is 5.56 Å². The number of nitrogens with zero attached hydrogens (tertiary/aromatic N) is 4. The molecule has 140 valence electrons. The summed E-state index contributed by atoms with van der Waals surface area (Å²) in [6.45, 7) is 0. The third-order valence-corrected chi connectivity index (χ3v) is 4.21. The molecule has 0 aliphatic rings. The normalized spacial score (nSPS) is 11.7. The summed E-state index contributed by atoms with van der Waals surface area (Å²) in [6, 6.07) is 11.5. The molecule has 0 amide bonds. The smallest absolute Gasteiger partial charge is 0.267 e. The van der Waals surface area contributed by atoms with Crippen LogP contribution in [0.15, 0.2) is 71.9 Å². The van der Waals surface area contributed by atoms with Gasteiger partial charge in [0.1, 0.15) is 11.2 Å². The van der Waals surface area contributed by atoms with Gasteiger partial charge in [0, 0.05) is 25.0 Å². The first-order chi connectivity index (χ1) is 13.4. The Morgan fingerprint density at radius 2 is 1.82 bits per heavy atom. The highest BCUT2D eigenvalue weighted by Crippen LogP contribution is 2.30. The minimum Gasteiger partial charge on any atom is -0.267 e. The monoisotopic (exact) mass is 382 g/mol. The van der Waals surface area contributed by atoms with Gasteiger partial charge in [-0.05, 0) is 42.0 Å². The molecule has 0 saturated heterocycles. The van der Waals surface area contributed by atoms with Gasteiger partial charge in [-0.3, -0.25) is 14.3 Å². The highest BCUT2D eigenvalue weighted by atomic mass is 19.4. The van der Waals surface area contributed by atoms with Crippen LogP contribution in [0.25, 0.3) is 16.9 Å². The number of rotatable bonds is 3. The molecule has 4 rings (SSSR count). The van der Waals surface area contributed by atoms with Crippen molar-refractivity contribution in [3.63, 3.8) is 0 Å². The maximum Gasteiger partial charge on any atom is 0.416 e. The second-order valence-electron chi connectivity index (χ2n) is 6.13. The molecule has 0 saturated carbocycles. The minimum atomic E-state index is -4.52. The molecule has 4 aromatic rings. The summed E-state index contributed by atoms with van der Waals surface area (Å²) >= 11 is 0. The van der Waals surface area contributed by atoms with Crippen molar-refractivity contribution >= 4 is 11.2 Å². The number of alkyl halides is 3. The fourth-order valence-electron chi connectivity index (χ4n) is 2.94. The maximum atomic E-state index is 13.1. The van der Waals surface area contributed by atoms with Crippen LogP contribution >= 0.6 is 0 Å². The molecule has 0 N–H and O–H groups in total. The third kappa shape index (κ3) is 3.36. The van der Waals surface area contributed by atoms with E-state index >= 15 is 0 Å². The number of halogens is 3. The topological polar surface area (TPSA) is 60.7 Å². The summed E-state index contributed by atoms with van der Waals surface area (Å²) < 4.78 is 40.6. The molecule has 3 heterocycles. The van der Waals surface area contributed by atoms with Crippen molar-refractivity contribution in [1.82, 2.24) is 19.5 Å². The fourth-order valence-corrected chi connectivity index (χ4v) is 2.94. The van der Waals surface area contributed by atoms with Gasteiger partial charge in [0.15, 0.2) is 5.65 Å². The predicted molar refractivity (Wildman–Crippen MR) is 97.2 cm³/mol. The van der Waals surface area contributed by atoms with Crippen LogP contribution in [0.5, 0.6) is 0 Å². The van der Waals surface area contributed by atoms with Crippen LogP contribution in [0, 0.1) is 0 Å². The lowest BCUT2D eigenvalue weighted by Crippen LogP contribution is -2.25. The van der Waals surface area contributed by atoms with E-state index in [1.165, 1.54) is 22.9 Å². The zero-order valence-corrected chi connectivity index (χ0v) is 14.4. The van der Waals surface area contributed by atoms with Crippen LogP contribution < -0.4 is 5.56 Å². The molecule has 0 fully saturated rings. The molecule has 1 aromatic carbocycles. The van der Waals surface area contributed by atoms with E-state index in [0.29, 0.717) is 5.52 Å². The van der Waals surface area contributed by atoms with Gasteiger partial charge in [-0.15, -0.1) is 0 Å². The van der Waals surface area contributed by atoms with Gasteiger partial charge >= 0.3 is 6.18 Å². The van der Waals surface area contributed by atoms with Gasteiger partial charge in [-0.25, -0.2) is 9.97 Å². The standard InChI is InChI=1S/C20H13F3N4O/c21-20(22,23)14-5-1-6-15(11-14)27-18-16(7-3-9-25-18)26-17(19(27)28)10-13-4-2-8-24-12-13/h1-9,11-12H,10H2. The van der Waals surface area contributed by atoms with Crippen molar-refractivity contribution in [2.45, 2.75) is 12.6 Å². The van der Waals surface area contributed by atoms with Crippen molar-refractivity contribution in [1.29, 1.82) is 0 Å². The Balaban J connectivity index is 1.95. The van der Waals surface area contributed by atoms with E-state index in [2.05, 4.69) is 15.0 Å². The van der Waals surface area contributed by atoms with Gasteiger partial charge in [-0.2, -0.15) is 13.2 Å².